The summed E-state index contributed by atoms with van der Waals surface area (Å²) in [5.41, 5.74) is 6.25. The molecule has 0 unspecified atom stereocenters. The zero-order chi connectivity index (χ0) is 15.8. The average molecular weight is 362 g/mol. The van der Waals surface area contributed by atoms with E-state index in [0.29, 0.717) is 12.2 Å². The molecule has 0 aliphatic heterocycles. The summed E-state index contributed by atoms with van der Waals surface area (Å²) in [5.74, 6) is -0.0674. The van der Waals surface area contributed by atoms with Crippen LogP contribution in [-0.4, -0.2) is 37.2 Å². The Balaban J connectivity index is 0.00000264. The molecule has 0 spiro atoms. The van der Waals surface area contributed by atoms with Gasteiger partial charge in [0, 0.05) is 31.6 Å². The van der Waals surface area contributed by atoms with E-state index in [1.807, 2.05) is 12.3 Å². The standard InChI is InChI=1S/C16H27N3O2S.ClH/c1-2-21-10-8-16(6-3-4-7-16)12-18-15(20)13-11-22-14(19-13)5-9-17;/h11H,2-10,12,17H2,1H3,(H,18,20);1H. The highest BCUT2D eigenvalue weighted by molar-refractivity contribution is 7.09. The molecule has 1 amide bonds. The molecule has 0 aromatic carbocycles. The maximum Gasteiger partial charge on any atom is 0.270 e. The van der Waals surface area contributed by atoms with Gasteiger partial charge in [-0.05, 0) is 38.1 Å². The van der Waals surface area contributed by atoms with Crippen molar-refractivity contribution in [1.29, 1.82) is 0 Å². The summed E-state index contributed by atoms with van der Waals surface area (Å²) < 4.78 is 5.51. The van der Waals surface area contributed by atoms with Crippen LogP contribution in [0.1, 0.15) is 54.5 Å². The first-order valence-corrected chi connectivity index (χ1v) is 9.07. The number of carbonyl (C=O) groups excluding carboxylic acids is 1. The van der Waals surface area contributed by atoms with Gasteiger partial charge in [-0.3, -0.25) is 4.79 Å². The summed E-state index contributed by atoms with van der Waals surface area (Å²) in [4.78, 5) is 16.6. The van der Waals surface area contributed by atoms with Gasteiger partial charge in [0.1, 0.15) is 5.69 Å². The lowest BCUT2D eigenvalue weighted by atomic mass is 9.83. The minimum Gasteiger partial charge on any atom is -0.382 e. The van der Waals surface area contributed by atoms with E-state index in [1.165, 1.54) is 37.0 Å². The topological polar surface area (TPSA) is 77.2 Å². The molecule has 1 aliphatic carbocycles. The van der Waals surface area contributed by atoms with Crippen LogP contribution >= 0.6 is 23.7 Å². The third-order valence-electron chi connectivity index (χ3n) is 4.41. The number of carbonyl (C=O) groups is 1. The van der Waals surface area contributed by atoms with Crippen LogP contribution in [0.2, 0.25) is 0 Å². The monoisotopic (exact) mass is 361 g/mol. The first kappa shape index (κ1) is 20.4. The Morgan fingerprint density at radius 1 is 1.48 bits per heavy atom. The minimum absolute atomic E-state index is 0. The molecule has 1 aliphatic rings. The third-order valence-corrected chi connectivity index (χ3v) is 5.32. The molecule has 1 aromatic heterocycles. The Kier molecular flexibility index (Phi) is 9.06. The molecule has 1 fully saturated rings. The summed E-state index contributed by atoms with van der Waals surface area (Å²) in [7, 11) is 0. The van der Waals surface area contributed by atoms with Crippen molar-refractivity contribution in [2.75, 3.05) is 26.3 Å². The molecular weight excluding hydrogens is 334 g/mol. The van der Waals surface area contributed by atoms with E-state index in [0.717, 1.165) is 37.6 Å². The van der Waals surface area contributed by atoms with Crippen LogP contribution < -0.4 is 11.1 Å². The van der Waals surface area contributed by atoms with Crippen molar-refractivity contribution in [1.82, 2.24) is 10.3 Å². The maximum atomic E-state index is 12.3. The zero-order valence-electron chi connectivity index (χ0n) is 13.8. The molecule has 23 heavy (non-hydrogen) atoms. The molecule has 1 heterocycles. The molecule has 132 valence electrons. The minimum atomic E-state index is -0.0674. The van der Waals surface area contributed by atoms with Crippen LogP contribution in [0.25, 0.3) is 0 Å². The summed E-state index contributed by atoms with van der Waals surface area (Å²) >= 11 is 1.50. The molecule has 0 radical (unpaired) electrons. The average Bonchev–Trinajstić information content (AvgIpc) is 3.16. The lowest BCUT2D eigenvalue weighted by Crippen LogP contribution is -2.37. The zero-order valence-corrected chi connectivity index (χ0v) is 15.4. The first-order valence-electron chi connectivity index (χ1n) is 8.19. The quantitative estimate of drug-likeness (QED) is 0.663. The Hall–Kier alpha value is -0.690. The van der Waals surface area contributed by atoms with Gasteiger partial charge in [-0.2, -0.15) is 0 Å². The Morgan fingerprint density at radius 2 is 2.22 bits per heavy atom. The lowest BCUT2D eigenvalue weighted by Gasteiger charge is -2.29. The smallest absolute Gasteiger partial charge is 0.270 e. The molecule has 7 heteroatoms. The van der Waals surface area contributed by atoms with E-state index < -0.39 is 0 Å². The number of nitrogens with zero attached hydrogens (tertiary/aromatic N) is 1. The number of thiazole rings is 1. The van der Waals surface area contributed by atoms with Crippen LogP contribution in [0, 0.1) is 5.41 Å². The first-order chi connectivity index (χ1) is 10.7. The number of ether oxygens (including phenoxy) is 1. The highest BCUT2D eigenvalue weighted by Crippen LogP contribution is 2.40. The van der Waals surface area contributed by atoms with E-state index in [4.69, 9.17) is 10.5 Å². The van der Waals surface area contributed by atoms with Gasteiger partial charge in [0.15, 0.2) is 0 Å². The van der Waals surface area contributed by atoms with E-state index in [-0.39, 0.29) is 23.7 Å². The SMILES string of the molecule is CCOCCC1(CNC(=O)c2csc(CCN)n2)CCCC1.Cl. The molecule has 1 aromatic rings. The second kappa shape index (κ2) is 10.2. The van der Waals surface area contributed by atoms with Crippen molar-refractivity contribution in [3.05, 3.63) is 16.1 Å². The maximum absolute atomic E-state index is 12.3. The van der Waals surface area contributed by atoms with Crippen LogP contribution in [0.5, 0.6) is 0 Å². The Bertz CT molecular complexity index is 476. The van der Waals surface area contributed by atoms with Crippen molar-refractivity contribution in [3.63, 3.8) is 0 Å². The molecule has 0 atom stereocenters. The fourth-order valence-corrected chi connectivity index (χ4v) is 3.88. The molecule has 0 bridgehead atoms. The van der Waals surface area contributed by atoms with Crippen molar-refractivity contribution < 1.29 is 9.53 Å². The number of hydrogen-bond acceptors (Lipinski definition) is 5. The fourth-order valence-electron chi connectivity index (χ4n) is 3.08. The highest BCUT2D eigenvalue weighted by atomic mass is 35.5. The summed E-state index contributed by atoms with van der Waals surface area (Å²) in [6.45, 7) is 4.84. The number of nitrogens with two attached hydrogens (primary N) is 1. The van der Waals surface area contributed by atoms with Crippen LogP contribution in [0.15, 0.2) is 5.38 Å². The number of nitrogens with one attached hydrogen (secondary N) is 1. The molecule has 5 nitrogen and oxygen atoms in total. The largest absolute Gasteiger partial charge is 0.382 e. The van der Waals surface area contributed by atoms with E-state index >= 15 is 0 Å². The fraction of sp³-hybridized carbons (Fsp3) is 0.750. The van der Waals surface area contributed by atoms with Gasteiger partial charge in [-0.25, -0.2) is 4.98 Å². The number of aromatic nitrogens is 1. The van der Waals surface area contributed by atoms with Gasteiger partial charge in [-0.15, -0.1) is 23.7 Å². The van der Waals surface area contributed by atoms with E-state index in [9.17, 15) is 4.79 Å². The normalized spacial score (nSPS) is 16.1. The van der Waals surface area contributed by atoms with Crippen LogP contribution in [0.4, 0.5) is 0 Å². The van der Waals surface area contributed by atoms with Gasteiger partial charge in [0.25, 0.3) is 5.91 Å². The van der Waals surface area contributed by atoms with Crippen molar-refractivity contribution in [2.45, 2.75) is 45.4 Å². The summed E-state index contributed by atoms with van der Waals surface area (Å²) in [6, 6.07) is 0. The number of hydrogen-bond donors (Lipinski definition) is 2. The predicted octanol–water partition coefficient (Wildman–Crippen LogP) is 2.78. The molecule has 2 rings (SSSR count). The molecular formula is C16H28ClN3O2S. The number of rotatable bonds is 9. The second-order valence-electron chi connectivity index (χ2n) is 6.00. The molecule has 1 saturated carbocycles. The van der Waals surface area contributed by atoms with Gasteiger partial charge in [0.2, 0.25) is 0 Å². The summed E-state index contributed by atoms with van der Waals surface area (Å²) in [5, 5.41) is 5.83. The Labute approximate surface area is 148 Å². The highest BCUT2D eigenvalue weighted by Gasteiger charge is 2.34. The summed E-state index contributed by atoms with van der Waals surface area (Å²) in [6.07, 6.45) is 6.61. The van der Waals surface area contributed by atoms with Crippen LogP contribution in [0.3, 0.4) is 0 Å². The third kappa shape index (κ3) is 6.03. The number of halogens is 1. The van der Waals surface area contributed by atoms with E-state index in [2.05, 4.69) is 10.3 Å². The van der Waals surface area contributed by atoms with Gasteiger partial charge in [-0.1, -0.05) is 12.8 Å². The molecule has 0 saturated heterocycles. The van der Waals surface area contributed by atoms with Crippen molar-refractivity contribution >= 4 is 29.7 Å². The second-order valence-corrected chi connectivity index (χ2v) is 6.94. The van der Waals surface area contributed by atoms with Crippen molar-refractivity contribution in [2.24, 2.45) is 11.1 Å². The van der Waals surface area contributed by atoms with Crippen LogP contribution in [-0.2, 0) is 11.2 Å². The number of amides is 1. The molecule has 3 N–H and O–H groups in total. The van der Waals surface area contributed by atoms with E-state index in [1.54, 1.807) is 0 Å². The van der Waals surface area contributed by atoms with Crippen molar-refractivity contribution in [3.8, 4) is 0 Å². The van der Waals surface area contributed by atoms with Gasteiger partial charge in [0.05, 0.1) is 5.01 Å². The lowest BCUT2D eigenvalue weighted by molar-refractivity contribution is 0.0859. The van der Waals surface area contributed by atoms with Gasteiger partial charge >= 0.3 is 0 Å². The van der Waals surface area contributed by atoms with Gasteiger partial charge < -0.3 is 15.8 Å². The predicted molar refractivity (Wildman–Crippen MR) is 96.5 cm³/mol. The Morgan fingerprint density at radius 3 is 2.87 bits per heavy atom.